The third kappa shape index (κ3) is 1.71. The van der Waals surface area contributed by atoms with Crippen molar-refractivity contribution in [2.24, 2.45) is 0 Å². The van der Waals surface area contributed by atoms with Crippen LogP contribution in [0.1, 0.15) is 37.2 Å². The molecule has 0 amide bonds. The summed E-state index contributed by atoms with van der Waals surface area (Å²) in [6.07, 6.45) is 3.86. The summed E-state index contributed by atoms with van der Waals surface area (Å²) < 4.78 is 28.3. The molecule has 1 aromatic heterocycles. The summed E-state index contributed by atoms with van der Waals surface area (Å²) in [6, 6.07) is 2.39. The van der Waals surface area contributed by atoms with Crippen LogP contribution in [-0.2, 0) is 0 Å². The average molecular weight is 279 g/mol. The summed E-state index contributed by atoms with van der Waals surface area (Å²) >= 11 is 0. The highest BCUT2D eigenvalue weighted by atomic mass is 19.2. The highest BCUT2D eigenvalue weighted by molar-refractivity contribution is 5.76. The molecule has 2 bridgehead atoms. The van der Waals surface area contributed by atoms with Crippen molar-refractivity contribution in [3.63, 3.8) is 0 Å². The van der Waals surface area contributed by atoms with E-state index in [9.17, 15) is 13.6 Å². The first-order valence-electron chi connectivity index (χ1n) is 6.97. The molecule has 1 aromatic carbocycles. The second-order valence-corrected chi connectivity index (χ2v) is 5.90. The number of H-pyrrole nitrogens is 2. The molecule has 2 atom stereocenters. The molecule has 20 heavy (non-hydrogen) atoms. The van der Waals surface area contributed by atoms with E-state index in [1.165, 1.54) is 0 Å². The maximum atomic E-state index is 14.3. The molecule has 0 aliphatic carbocycles. The number of nitrogens with one attached hydrogen (secondary N) is 3. The fourth-order valence-corrected chi connectivity index (χ4v) is 3.74. The van der Waals surface area contributed by atoms with Gasteiger partial charge in [-0.1, -0.05) is 0 Å². The van der Waals surface area contributed by atoms with Crippen molar-refractivity contribution < 1.29 is 8.78 Å². The molecule has 6 heteroatoms. The molecule has 2 saturated heterocycles. The molecule has 2 unspecified atom stereocenters. The van der Waals surface area contributed by atoms with E-state index in [1.54, 1.807) is 6.07 Å². The maximum absolute atomic E-state index is 14.3. The number of fused-ring (bicyclic) bond motifs is 3. The van der Waals surface area contributed by atoms with Gasteiger partial charge in [-0.05, 0) is 43.2 Å². The predicted molar refractivity (Wildman–Crippen MR) is 70.8 cm³/mol. The summed E-state index contributed by atoms with van der Waals surface area (Å²) in [5.74, 6) is -1.76. The molecular formula is C14H15F2N3O. The number of halogens is 2. The summed E-state index contributed by atoms with van der Waals surface area (Å²) in [4.78, 5) is 16.0. The molecular weight excluding hydrogens is 264 g/mol. The Hall–Kier alpha value is -1.69. The molecule has 3 N–H and O–H groups in total. The van der Waals surface area contributed by atoms with Crippen molar-refractivity contribution in [2.75, 3.05) is 0 Å². The van der Waals surface area contributed by atoms with Crippen LogP contribution in [0.4, 0.5) is 8.78 Å². The van der Waals surface area contributed by atoms with Gasteiger partial charge in [0, 0.05) is 12.1 Å². The maximum Gasteiger partial charge on any atom is 0.323 e. The summed E-state index contributed by atoms with van der Waals surface area (Å²) in [5.41, 5.74) is 0.146. The second kappa shape index (κ2) is 4.15. The van der Waals surface area contributed by atoms with E-state index in [-0.39, 0.29) is 11.4 Å². The normalized spacial score (nSPS) is 29.2. The number of aromatic nitrogens is 2. The predicted octanol–water partition coefficient (Wildman–Crippen LogP) is 2.13. The Kier molecular flexibility index (Phi) is 2.51. The van der Waals surface area contributed by atoms with Gasteiger partial charge >= 0.3 is 5.69 Å². The van der Waals surface area contributed by atoms with Gasteiger partial charge in [0.1, 0.15) is 5.52 Å². The van der Waals surface area contributed by atoms with E-state index in [4.69, 9.17) is 0 Å². The zero-order valence-corrected chi connectivity index (χ0v) is 10.8. The second-order valence-electron chi connectivity index (χ2n) is 5.90. The lowest BCUT2D eigenvalue weighted by molar-refractivity contribution is 0.353. The lowest BCUT2D eigenvalue weighted by atomic mass is 9.85. The van der Waals surface area contributed by atoms with Crippen LogP contribution in [0.15, 0.2) is 10.9 Å². The number of imidazole rings is 1. The quantitative estimate of drug-likeness (QED) is 0.749. The molecule has 3 heterocycles. The lowest BCUT2D eigenvalue weighted by Crippen LogP contribution is -2.37. The number of benzene rings is 1. The van der Waals surface area contributed by atoms with Crippen LogP contribution < -0.4 is 11.0 Å². The molecule has 4 rings (SSSR count). The summed E-state index contributed by atoms with van der Waals surface area (Å²) in [6.45, 7) is 0. The first-order chi connectivity index (χ1) is 9.61. The molecule has 0 radical (unpaired) electrons. The Labute approximate surface area is 113 Å². The SMILES string of the molecule is O=c1[nH]c2cc(C3CC4CCC(C3)N4)c(F)c(F)c2[nH]1. The zero-order valence-electron chi connectivity index (χ0n) is 10.8. The Morgan fingerprint density at radius 1 is 1.05 bits per heavy atom. The van der Waals surface area contributed by atoms with E-state index in [0.29, 0.717) is 23.2 Å². The zero-order chi connectivity index (χ0) is 13.9. The Bertz CT molecular complexity index is 724. The molecule has 2 fully saturated rings. The van der Waals surface area contributed by atoms with E-state index in [2.05, 4.69) is 15.3 Å². The fourth-order valence-electron chi connectivity index (χ4n) is 3.74. The molecule has 106 valence electrons. The Balaban J connectivity index is 1.83. The topological polar surface area (TPSA) is 60.7 Å². The van der Waals surface area contributed by atoms with Crippen molar-refractivity contribution in [3.05, 3.63) is 33.7 Å². The number of rotatable bonds is 1. The van der Waals surface area contributed by atoms with Crippen LogP contribution >= 0.6 is 0 Å². The smallest absolute Gasteiger partial charge is 0.311 e. The van der Waals surface area contributed by atoms with E-state index >= 15 is 0 Å². The minimum absolute atomic E-state index is 0.0195. The lowest BCUT2D eigenvalue weighted by Gasteiger charge is -2.29. The van der Waals surface area contributed by atoms with Gasteiger partial charge in [0.2, 0.25) is 0 Å². The van der Waals surface area contributed by atoms with E-state index < -0.39 is 17.3 Å². The van der Waals surface area contributed by atoms with E-state index in [0.717, 1.165) is 25.7 Å². The van der Waals surface area contributed by atoms with Crippen molar-refractivity contribution in [1.82, 2.24) is 15.3 Å². The van der Waals surface area contributed by atoms with Crippen LogP contribution in [0, 0.1) is 11.6 Å². The number of hydrogen-bond acceptors (Lipinski definition) is 2. The van der Waals surface area contributed by atoms with Crippen LogP contribution in [0.25, 0.3) is 11.0 Å². The molecule has 2 aliphatic heterocycles. The highest BCUT2D eigenvalue weighted by Gasteiger charge is 2.35. The molecule has 2 aromatic rings. The molecule has 0 saturated carbocycles. The van der Waals surface area contributed by atoms with Crippen LogP contribution in [0.2, 0.25) is 0 Å². The van der Waals surface area contributed by atoms with Gasteiger partial charge in [0.05, 0.1) is 5.52 Å². The van der Waals surface area contributed by atoms with Crippen LogP contribution in [0.3, 0.4) is 0 Å². The third-order valence-electron chi connectivity index (χ3n) is 4.63. The highest BCUT2D eigenvalue weighted by Crippen LogP contribution is 2.39. The standard InChI is InChI=1S/C14H15F2N3O/c15-11-9(6-3-7-1-2-8(4-6)17-7)5-10-13(12(11)16)19-14(20)18-10/h5-8,17H,1-4H2,(H2,18,19,20). The number of piperidine rings is 1. The van der Waals surface area contributed by atoms with Crippen LogP contribution in [-0.4, -0.2) is 22.1 Å². The number of hydrogen-bond donors (Lipinski definition) is 3. The van der Waals surface area contributed by atoms with Crippen molar-refractivity contribution in [2.45, 2.75) is 43.7 Å². The molecule has 2 aliphatic rings. The Morgan fingerprint density at radius 2 is 1.75 bits per heavy atom. The number of aromatic amines is 2. The third-order valence-corrected chi connectivity index (χ3v) is 4.63. The first-order valence-corrected chi connectivity index (χ1v) is 6.97. The van der Waals surface area contributed by atoms with Gasteiger partial charge in [-0.2, -0.15) is 0 Å². The first kappa shape index (κ1) is 12.1. The summed E-state index contributed by atoms with van der Waals surface area (Å²) in [7, 11) is 0. The summed E-state index contributed by atoms with van der Waals surface area (Å²) in [5, 5.41) is 3.49. The molecule has 0 spiro atoms. The van der Waals surface area contributed by atoms with E-state index in [1.807, 2.05) is 0 Å². The van der Waals surface area contributed by atoms with Crippen molar-refractivity contribution in [1.29, 1.82) is 0 Å². The average Bonchev–Trinajstić information content (AvgIpc) is 2.96. The van der Waals surface area contributed by atoms with Crippen molar-refractivity contribution >= 4 is 11.0 Å². The minimum atomic E-state index is -0.957. The Morgan fingerprint density at radius 3 is 2.45 bits per heavy atom. The monoisotopic (exact) mass is 279 g/mol. The fraction of sp³-hybridized carbons (Fsp3) is 0.500. The van der Waals surface area contributed by atoms with Gasteiger partial charge in [0.15, 0.2) is 11.6 Å². The van der Waals surface area contributed by atoms with Gasteiger partial charge in [-0.25, -0.2) is 13.6 Å². The van der Waals surface area contributed by atoms with Crippen LogP contribution in [0.5, 0.6) is 0 Å². The largest absolute Gasteiger partial charge is 0.323 e. The van der Waals surface area contributed by atoms with Gasteiger partial charge in [-0.3, -0.25) is 0 Å². The minimum Gasteiger partial charge on any atom is -0.311 e. The van der Waals surface area contributed by atoms with Gasteiger partial charge < -0.3 is 15.3 Å². The molecule has 4 nitrogen and oxygen atoms in total. The van der Waals surface area contributed by atoms with Gasteiger partial charge in [-0.15, -0.1) is 0 Å². The van der Waals surface area contributed by atoms with Crippen molar-refractivity contribution in [3.8, 4) is 0 Å². The van der Waals surface area contributed by atoms with Gasteiger partial charge in [0.25, 0.3) is 0 Å².